The number of fused-ring (bicyclic) bond motifs is 2. The van der Waals surface area contributed by atoms with Crippen molar-refractivity contribution in [3.8, 4) is 0 Å². The largest absolute Gasteiger partial charge is 0.299 e. The van der Waals surface area contributed by atoms with E-state index in [0.717, 1.165) is 12.0 Å². The molecule has 150 valence electrons. The molecule has 1 aromatic rings. The Hall–Kier alpha value is -1.29. The standard InChI is InChI=1S/C18H26N2O5S2/c1-17(2)14-7-9-18(17,16(21)11-14)12-26(22,23)20-10-8-13-3-5-15(6-4-13)27(19,24)25/h3-6,14,20H,7-12H2,1-2H3,(H2,19,24,25)/t14-,18+/m0/s1. The topological polar surface area (TPSA) is 123 Å². The fourth-order valence-corrected chi connectivity index (χ4v) is 7.04. The van der Waals surface area contributed by atoms with Gasteiger partial charge < -0.3 is 0 Å². The maximum Gasteiger partial charge on any atom is 0.238 e. The van der Waals surface area contributed by atoms with Crippen molar-refractivity contribution < 1.29 is 21.6 Å². The molecule has 2 aliphatic carbocycles. The van der Waals surface area contributed by atoms with Gasteiger partial charge in [-0.1, -0.05) is 26.0 Å². The minimum atomic E-state index is -3.74. The summed E-state index contributed by atoms with van der Waals surface area (Å²) < 4.78 is 50.3. The third-order valence-electron chi connectivity index (χ3n) is 6.56. The van der Waals surface area contributed by atoms with E-state index in [4.69, 9.17) is 5.14 Å². The number of Topliss-reactive ketones (excluding diaryl/α,β-unsaturated/α-hetero) is 1. The zero-order valence-electron chi connectivity index (χ0n) is 15.6. The van der Waals surface area contributed by atoms with Crippen molar-refractivity contribution in [3.05, 3.63) is 29.8 Å². The van der Waals surface area contributed by atoms with Crippen LogP contribution in [0.4, 0.5) is 0 Å². The van der Waals surface area contributed by atoms with Gasteiger partial charge in [-0.25, -0.2) is 26.7 Å². The van der Waals surface area contributed by atoms with E-state index in [2.05, 4.69) is 4.72 Å². The minimum Gasteiger partial charge on any atom is -0.299 e. The molecule has 0 saturated heterocycles. The van der Waals surface area contributed by atoms with Gasteiger partial charge in [0.15, 0.2) is 0 Å². The van der Waals surface area contributed by atoms with Gasteiger partial charge in [0.25, 0.3) is 0 Å². The Kier molecular flexibility index (Phi) is 5.03. The molecule has 0 heterocycles. The first kappa shape index (κ1) is 20.4. The molecule has 2 aliphatic rings. The third kappa shape index (κ3) is 3.70. The highest BCUT2D eigenvalue weighted by Gasteiger charge is 2.65. The van der Waals surface area contributed by atoms with Crippen LogP contribution >= 0.6 is 0 Å². The summed E-state index contributed by atoms with van der Waals surface area (Å²) >= 11 is 0. The number of benzene rings is 1. The number of hydrogen-bond acceptors (Lipinski definition) is 5. The fourth-order valence-electron chi connectivity index (χ4n) is 4.68. The minimum absolute atomic E-state index is 0.0173. The van der Waals surface area contributed by atoms with E-state index in [-0.39, 0.29) is 34.3 Å². The molecule has 2 bridgehead atoms. The number of ketones is 1. The SMILES string of the molecule is CC1(C)[C@H]2CC[C@@]1(CS(=O)(=O)NCCc1ccc(S(N)(=O)=O)cc1)C(=O)C2. The summed E-state index contributed by atoms with van der Waals surface area (Å²) in [7, 11) is -7.34. The lowest BCUT2D eigenvalue weighted by atomic mass is 9.70. The van der Waals surface area contributed by atoms with Crippen molar-refractivity contribution in [2.75, 3.05) is 12.3 Å². The zero-order chi connectivity index (χ0) is 20.1. The summed E-state index contributed by atoms with van der Waals surface area (Å²) in [5, 5.41) is 5.06. The average Bonchev–Trinajstić information content (AvgIpc) is 2.88. The van der Waals surface area contributed by atoms with Gasteiger partial charge in [0, 0.05) is 18.4 Å². The molecule has 0 aliphatic heterocycles. The van der Waals surface area contributed by atoms with Gasteiger partial charge in [0.05, 0.1) is 10.6 Å². The smallest absolute Gasteiger partial charge is 0.238 e. The van der Waals surface area contributed by atoms with Crippen LogP contribution in [-0.4, -0.2) is 34.9 Å². The molecule has 2 fully saturated rings. The van der Waals surface area contributed by atoms with Gasteiger partial charge in [-0.15, -0.1) is 0 Å². The van der Waals surface area contributed by atoms with E-state index < -0.39 is 25.5 Å². The molecule has 2 saturated carbocycles. The molecule has 0 amide bonds. The second-order valence-corrected chi connectivity index (χ2v) is 11.6. The first-order valence-corrected chi connectivity index (χ1v) is 12.2. The van der Waals surface area contributed by atoms with E-state index in [1.807, 2.05) is 13.8 Å². The lowest BCUT2D eigenvalue weighted by molar-refractivity contribution is -0.128. The van der Waals surface area contributed by atoms with Crippen molar-refractivity contribution in [2.45, 2.75) is 44.4 Å². The number of sulfonamides is 2. The van der Waals surface area contributed by atoms with Gasteiger partial charge >= 0.3 is 0 Å². The lowest BCUT2D eigenvalue weighted by Gasteiger charge is -2.36. The Morgan fingerprint density at radius 2 is 1.78 bits per heavy atom. The van der Waals surface area contributed by atoms with Gasteiger partial charge in [0.2, 0.25) is 20.0 Å². The number of carbonyl (C=O) groups excluding carboxylic acids is 1. The first-order valence-electron chi connectivity index (χ1n) is 9.00. The molecule has 1 aromatic carbocycles. The molecule has 0 unspecified atom stereocenters. The number of nitrogens with one attached hydrogen (secondary N) is 1. The maximum absolute atomic E-state index is 12.6. The number of hydrogen-bond donors (Lipinski definition) is 2. The number of carbonyl (C=O) groups is 1. The zero-order valence-corrected chi connectivity index (χ0v) is 17.2. The monoisotopic (exact) mass is 414 g/mol. The van der Waals surface area contributed by atoms with Crippen LogP contribution in [0.15, 0.2) is 29.2 Å². The quantitative estimate of drug-likeness (QED) is 0.694. The molecule has 3 N–H and O–H groups in total. The number of primary sulfonamides is 1. The molecule has 7 nitrogen and oxygen atoms in total. The van der Waals surface area contributed by atoms with E-state index >= 15 is 0 Å². The van der Waals surface area contributed by atoms with Gasteiger partial charge in [0.1, 0.15) is 5.78 Å². The van der Waals surface area contributed by atoms with Crippen LogP contribution < -0.4 is 9.86 Å². The molecular weight excluding hydrogens is 388 g/mol. The van der Waals surface area contributed by atoms with Crippen LogP contribution in [0.2, 0.25) is 0 Å². The molecule has 2 atom stereocenters. The predicted octanol–water partition coefficient (Wildman–Crippen LogP) is 1.19. The first-order chi connectivity index (χ1) is 12.4. The molecule has 0 spiro atoms. The molecule has 9 heteroatoms. The van der Waals surface area contributed by atoms with Crippen LogP contribution in [-0.2, 0) is 31.3 Å². The third-order valence-corrected chi connectivity index (χ3v) is 9.01. The van der Waals surface area contributed by atoms with Gasteiger partial charge in [-0.05, 0) is 48.3 Å². The van der Waals surface area contributed by atoms with E-state index in [0.29, 0.717) is 19.3 Å². The number of rotatable bonds is 7. The Labute approximate surface area is 160 Å². The van der Waals surface area contributed by atoms with Gasteiger partial charge in [-0.3, -0.25) is 4.79 Å². The van der Waals surface area contributed by atoms with Crippen molar-refractivity contribution in [2.24, 2.45) is 21.9 Å². The second-order valence-electron chi connectivity index (χ2n) is 8.26. The summed E-state index contributed by atoms with van der Waals surface area (Å²) in [4.78, 5) is 12.5. The lowest BCUT2D eigenvalue weighted by Crippen LogP contribution is -2.45. The maximum atomic E-state index is 12.6. The molecule has 0 aromatic heterocycles. The van der Waals surface area contributed by atoms with Crippen molar-refractivity contribution >= 4 is 25.8 Å². The van der Waals surface area contributed by atoms with Crippen LogP contribution in [0.3, 0.4) is 0 Å². The highest BCUT2D eigenvalue weighted by molar-refractivity contribution is 7.89. The predicted molar refractivity (Wildman–Crippen MR) is 102 cm³/mol. The van der Waals surface area contributed by atoms with E-state index in [1.54, 1.807) is 12.1 Å². The highest BCUT2D eigenvalue weighted by atomic mass is 32.2. The van der Waals surface area contributed by atoms with Crippen molar-refractivity contribution in [1.29, 1.82) is 0 Å². The molecule has 27 heavy (non-hydrogen) atoms. The summed E-state index contributed by atoms with van der Waals surface area (Å²) in [5.41, 5.74) is -0.273. The Morgan fingerprint density at radius 3 is 2.26 bits per heavy atom. The molecular formula is C18H26N2O5S2. The van der Waals surface area contributed by atoms with Crippen molar-refractivity contribution in [3.63, 3.8) is 0 Å². The summed E-state index contributed by atoms with van der Waals surface area (Å²) in [6, 6.07) is 6.02. The average molecular weight is 415 g/mol. The normalized spacial score (nSPS) is 27.2. The van der Waals surface area contributed by atoms with Crippen LogP contribution in [0.25, 0.3) is 0 Å². The van der Waals surface area contributed by atoms with E-state index in [1.165, 1.54) is 12.1 Å². The van der Waals surface area contributed by atoms with E-state index in [9.17, 15) is 21.6 Å². The fraction of sp³-hybridized carbons (Fsp3) is 0.611. The Balaban J connectivity index is 1.62. The Morgan fingerprint density at radius 1 is 1.15 bits per heavy atom. The highest BCUT2D eigenvalue weighted by Crippen LogP contribution is 2.64. The summed E-state index contributed by atoms with van der Waals surface area (Å²) in [5.74, 6) is 0.192. The second kappa shape index (κ2) is 6.65. The van der Waals surface area contributed by atoms with Gasteiger partial charge in [-0.2, -0.15) is 0 Å². The molecule has 0 radical (unpaired) electrons. The Bertz CT molecular complexity index is 952. The summed E-state index contributed by atoms with van der Waals surface area (Å²) in [6.45, 7) is 4.21. The number of nitrogens with two attached hydrogens (primary N) is 1. The van der Waals surface area contributed by atoms with Crippen LogP contribution in [0.1, 0.15) is 38.7 Å². The molecule has 3 rings (SSSR count). The van der Waals surface area contributed by atoms with Crippen molar-refractivity contribution in [1.82, 2.24) is 4.72 Å². The summed E-state index contributed by atoms with van der Waals surface area (Å²) in [6.07, 6.45) is 2.44. The van der Waals surface area contributed by atoms with Crippen LogP contribution in [0, 0.1) is 16.7 Å². The van der Waals surface area contributed by atoms with Crippen LogP contribution in [0.5, 0.6) is 0 Å².